The SMILES string of the molecule is Nc1cnc(NC(=O)c2cccc(F)c2F)c(Br)c1. The average molecular weight is 328 g/mol. The maximum Gasteiger partial charge on any atom is 0.259 e. The van der Waals surface area contributed by atoms with Gasteiger partial charge in [-0.3, -0.25) is 4.79 Å². The third kappa shape index (κ3) is 2.87. The lowest BCUT2D eigenvalue weighted by Gasteiger charge is -2.07. The molecule has 0 atom stereocenters. The third-order valence-electron chi connectivity index (χ3n) is 2.29. The largest absolute Gasteiger partial charge is 0.397 e. The van der Waals surface area contributed by atoms with Crippen LogP contribution in [0.5, 0.6) is 0 Å². The Labute approximate surface area is 115 Å². The molecule has 0 aliphatic heterocycles. The van der Waals surface area contributed by atoms with Crippen LogP contribution in [0.4, 0.5) is 20.3 Å². The summed E-state index contributed by atoms with van der Waals surface area (Å²) in [5, 5.41) is 2.36. The molecule has 0 unspecified atom stereocenters. The van der Waals surface area contributed by atoms with Crippen LogP contribution in [0.15, 0.2) is 34.9 Å². The Kier molecular flexibility index (Phi) is 3.75. The zero-order chi connectivity index (χ0) is 14.0. The van der Waals surface area contributed by atoms with Crippen LogP contribution in [-0.2, 0) is 0 Å². The number of nitrogen functional groups attached to an aromatic ring is 1. The number of aromatic nitrogens is 1. The number of nitrogens with zero attached hydrogens (tertiary/aromatic N) is 1. The summed E-state index contributed by atoms with van der Waals surface area (Å²) in [4.78, 5) is 15.7. The topological polar surface area (TPSA) is 68.0 Å². The summed E-state index contributed by atoms with van der Waals surface area (Å²) in [5.41, 5.74) is 5.51. The van der Waals surface area contributed by atoms with Gasteiger partial charge in [0.25, 0.3) is 5.91 Å². The van der Waals surface area contributed by atoms with Gasteiger partial charge < -0.3 is 11.1 Å². The number of benzene rings is 1. The van der Waals surface area contributed by atoms with E-state index in [1.165, 1.54) is 24.4 Å². The molecule has 0 bridgehead atoms. The summed E-state index contributed by atoms with van der Waals surface area (Å²) in [5.74, 6) is -2.92. The van der Waals surface area contributed by atoms with Gasteiger partial charge in [-0.05, 0) is 34.1 Å². The van der Waals surface area contributed by atoms with Crippen molar-refractivity contribution in [1.82, 2.24) is 4.98 Å². The Hall–Kier alpha value is -2.02. The van der Waals surface area contributed by atoms with Crippen LogP contribution in [0.25, 0.3) is 0 Å². The zero-order valence-electron chi connectivity index (χ0n) is 9.45. The Morgan fingerprint density at radius 3 is 2.79 bits per heavy atom. The second kappa shape index (κ2) is 5.31. The second-order valence-corrected chi connectivity index (χ2v) is 4.51. The predicted molar refractivity (Wildman–Crippen MR) is 70.7 cm³/mol. The number of amides is 1. The van der Waals surface area contributed by atoms with Gasteiger partial charge in [0.1, 0.15) is 5.82 Å². The number of rotatable bonds is 2. The van der Waals surface area contributed by atoms with Crippen molar-refractivity contribution in [3.05, 3.63) is 52.1 Å². The molecule has 0 aliphatic carbocycles. The Morgan fingerprint density at radius 1 is 1.37 bits per heavy atom. The fourth-order valence-corrected chi connectivity index (χ4v) is 1.86. The molecule has 0 saturated carbocycles. The zero-order valence-corrected chi connectivity index (χ0v) is 11.0. The smallest absolute Gasteiger partial charge is 0.259 e. The standard InChI is InChI=1S/C12H8BrF2N3O/c13-8-4-6(16)5-17-11(8)18-12(19)7-2-1-3-9(14)10(7)15/h1-5H,16H2,(H,17,18,19). The van der Waals surface area contributed by atoms with Gasteiger partial charge in [0.15, 0.2) is 11.6 Å². The van der Waals surface area contributed by atoms with Crippen molar-refractivity contribution in [3.8, 4) is 0 Å². The quantitative estimate of drug-likeness (QED) is 0.891. The summed E-state index contributed by atoms with van der Waals surface area (Å²) < 4.78 is 26.9. The summed E-state index contributed by atoms with van der Waals surface area (Å²) in [6.07, 6.45) is 1.34. The van der Waals surface area contributed by atoms with Crippen molar-refractivity contribution in [2.24, 2.45) is 0 Å². The average Bonchev–Trinajstić information content (AvgIpc) is 2.36. The van der Waals surface area contributed by atoms with Crippen LogP contribution < -0.4 is 11.1 Å². The van der Waals surface area contributed by atoms with E-state index in [1.54, 1.807) is 0 Å². The van der Waals surface area contributed by atoms with Crippen LogP contribution in [0.3, 0.4) is 0 Å². The van der Waals surface area contributed by atoms with E-state index in [0.29, 0.717) is 10.2 Å². The molecule has 1 aromatic heterocycles. The second-order valence-electron chi connectivity index (χ2n) is 3.65. The number of nitrogens with two attached hydrogens (primary N) is 1. The summed E-state index contributed by atoms with van der Waals surface area (Å²) in [6.45, 7) is 0. The lowest BCUT2D eigenvalue weighted by molar-refractivity contribution is 0.102. The molecular formula is C12H8BrF2N3O. The molecule has 1 heterocycles. The minimum absolute atomic E-state index is 0.169. The minimum Gasteiger partial charge on any atom is -0.397 e. The molecule has 2 rings (SSSR count). The van der Waals surface area contributed by atoms with Gasteiger partial charge in [-0.2, -0.15) is 0 Å². The van der Waals surface area contributed by atoms with Gasteiger partial charge >= 0.3 is 0 Å². The molecular weight excluding hydrogens is 320 g/mol. The molecule has 98 valence electrons. The first-order valence-electron chi connectivity index (χ1n) is 5.15. The van der Waals surface area contributed by atoms with Gasteiger partial charge in [-0.25, -0.2) is 13.8 Å². The molecule has 0 spiro atoms. The van der Waals surface area contributed by atoms with Gasteiger partial charge in [-0.15, -0.1) is 0 Å². The Morgan fingerprint density at radius 2 is 2.11 bits per heavy atom. The molecule has 0 radical (unpaired) electrons. The molecule has 7 heteroatoms. The first-order valence-corrected chi connectivity index (χ1v) is 5.94. The number of carbonyl (C=O) groups is 1. The highest BCUT2D eigenvalue weighted by Gasteiger charge is 2.16. The highest BCUT2D eigenvalue weighted by molar-refractivity contribution is 9.10. The number of pyridine rings is 1. The maximum absolute atomic E-state index is 13.4. The van der Waals surface area contributed by atoms with E-state index in [2.05, 4.69) is 26.2 Å². The predicted octanol–water partition coefficient (Wildman–Crippen LogP) is 2.96. The minimum atomic E-state index is -1.20. The molecule has 1 aromatic carbocycles. The Balaban J connectivity index is 2.28. The van der Waals surface area contributed by atoms with E-state index in [4.69, 9.17) is 5.73 Å². The van der Waals surface area contributed by atoms with Crippen LogP contribution in [0.1, 0.15) is 10.4 Å². The van der Waals surface area contributed by atoms with Crippen molar-refractivity contribution in [3.63, 3.8) is 0 Å². The third-order valence-corrected chi connectivity index (χ3v) is 2.89. The monoisotopic (exact) mass is 327 g/mol. The molecule has 0 aliphatic rings. The maximum atomic E-state index is 13.4. The van der Waals surface area contributed by atoms with E-state index in [-0.39, 0.29) is 5.82 Å². The number of carbonyl (C=O) groups excluding carboxylic acids is 1. The normalized spacial score (nSPS) is 10.3. The van der Waals surface area contributed by atoms with Crippen LogP contribution in [-0.4, -0.2) is 10.9 Å². The number of nitrogens with one attached hydrogen (secondary N) is 1. The highest BCUT2D eigenvalue weighted by Crippen LogP contribution is 2.22. The fraction of sp³-hybridized carbons (Fsp3) is 0. The number of anilines is 2. The molecule has 2 aromatic rings. The number of hydrogen-bond acceptors (Lipinski definition) is 3. The summed E-state index contributed by atoms with van der Waals surface area (Å²) in [7, 11) is 0. The Bertz CT molecular complexity index is 649. The molecule has 1 amide bonds. The van der Waals surface area contributed by atoms with Crippen LogP contribution >= 0.6 is 15.9 Å². The molecule has 3 N–H and O–H groups in total. The highest BCUT2D eigenvalue weighted by atomic mass is 79.9. The van der Waals surface area contributed by atoms with Crippen LogP contribution in [0, 0.1) is 11.6 Å². The van der Waals surface area contributed by atoms with E-state index in [0.717, 1.165) is 6.07 Å². The van der Waals surface area contributed by atoms with Crippen molar-refractivity contribution >= 4 is 33.3 Å². The summed E-state index contributed by atoms with van der Waals surface area (Å²) >= 11 is 3.16. The van der Waals surface area contributed by atoms with Gasteiger partial charge in [0, 0.05) is 0 Å². The van der Waals surface area contributed by atoms with Gasteiger partial charge in [-0.1, -0.05) is 6.07 Å². The summed E-state index contributed by atoms with van der Waals surface area (Å²) in [6, 6.07) is 4.89. The van der Waals surface area contributed by atoms with Crippen LogP contribution in [0.2, 0.25) is 0 Å². The van der Waals surface area contributed by atoms with Crippen molar-refractivity contribution in [2.75, 3.05) is 11.1 Å². The van der Waals surface area contributed by atoms with E-state index in [1.807, 2.05) is 0 Å². The van der Waals surface area contributed by atoms with Gasteiger partial charge in [0.2, 0.25) is 0 Å². The number of hydrogen-bond donors (Lipinski definition) is 2. The van der Waals surface area contributed by atoms with Gasteiger partial charge in [0.05, 0.1) is 21.9 Å². The van der Waals surface area contributed by atoms with E-state index < -0.39 is 23.1 Å². The van der Waals surface area contributed by atoms with Crippen molar-refractivity contribution < 1.29 is 13.6 Å². The fourth-order valence-electron chi connectivity index (χ4n) is 1.40. The van der Waals surface area contributed by atoms with E-state index >= 15 is 0 Å². The lowest BCUT2D eigenvalue weighted by atomic mass is 10.2. The van der Waals surface area contributed by atoms with E-state index in [9.17, 15) is 13.6 Å². The first kappa shape index (κ1) is 13.4. The number of halogens is 3. The molecule has 4 nitrogen and oxygen atoms in total. The van der Waals surface area contributed by atoms with Crippen molar-refractivity contribution in [2.45, 2.75) is 0 Å². The first-order chi connectivity index (χ1) is 8.99. The lowest BCUT2D eigenvalue weighted by Crippen LogP contribution is -2.15. The van der Waals surface area contributed by atoms with Crippen molar-refractivity contribution in [1.29, 1.82) is 0 Å². The molecule has 0 fully saturated rings. The molecule has 0 saturated heterocycles. The molecule has 19 heavy (non-hydrogen) atoms.